The second kappa shape index (κ2) is 8.04. The van der Waals surface area contributed by atoms with Crippen LogP contribution in [0.1, 0.15) is 21.5 Å². The Bertz CT molecular complexity index is 940. The number of hydrogen-bond acceptors (Lipinski definition) is 7. The lowest BCUT2D eigenvalue weighted by molar-refractivity contribution is -0.385. The van der Waals surface area contributed by atoms with Gasteiger partial charge in [0.15, 0.2) is 6.61 Å². The summed E-state index contributed by atoms with van der Waals surface area (Å²) in [5.74, 6) is -1.61. The van der Waals surface area contributed by atoms with Crippen molar-refractivity contribution in [2.24, 2.45) is 0 Å². The summed E-state index contributed by atoms with van der Waals surface area (Å²) in [7, 11) is 0. The van der Waals surface area contributed by atoms with Gasteiger partial charge in [0.25, 0.3) is 17.3 Å². The van der Waals surface area contributed by atoms with Crippen LogP contribution in [0, 0.1) is 34.1 Å². The predicted octanol–water partition coefficient (Wildman–Crippen LogP) is 2.92. The van der Waals surface area contributed by atoms with Crippen LogP contribution in [0.5, 0.6) is 0 Å². The molecule has 140 valence electrons. The number of carbonyl (C=O) groups excluding carboxylic acids is 2. The molecule has 0 saturated heterocycles. The van der Waals surface area contributed by atoms with Crippen molar-refractivity contribution in [1.82, 2.24) is 0 Å². The van der Waals surface area contributed by atoms with Crippen LogP contribution in [0.25, 0.3) is 0 Å². The van der Waals surface area contributed by atoms with Gasteiger partial charge in [-0.2, -0.15) is 0 Å². The van der Waals surface area contributed by atoms with Gasteiger partial charge in [-0.25, -0.2) is 4.79 Å². The molecule has 0 atom stereocenters. The lowest BCUT2D eigenvalue weighted by atomic mass is 10.1. The average Bonchev–Trinajstić information content (AvgIpc) is 2.61. The van der Waals surface area contributed by atoms with Crippen molar-refractivity contribution >= 4 is 28.9 Å². The Labute approximate surface area is 153 Å². The molecule has 2 rings (SSSR count). The fourth-order valence-electron chi connectivity index (χ4n) is 2.23. The zero-order valence-corrected chi connectivity index (χ0v) is 14.4. The van der Waals surface area contributed by atoms with Crippen LogP contribution in [-0.2, 0) is 9.53 Å². The Morgan fingerprint density at radius 2 is 1.52 bits per heavy atom. The van der Waals surface area contributed by atoms with Crippen LogP contribution >= 0.6 is 0 Å². The number of nitro groups is 2. The minimum Gasteiger partial charge on any atom is -0.452 e. The summed E-state index contributed by atoms with van der Waals surface area (Å²) >= 11 is 0. The molecule has 1 amide bonds. The van der Waals surface area contributed by atoms with Crippen molar-refractivity contribution in [2.45, 2.75) is 13.8 Å². The van der Waals surface area contributed by atoms with E-state index >= 15 is 0 Å². The first-order valence-electron chi connectivity index (χ1n) is 7.66. The first-order valence-corrected chi connectivity index (χ1v) is 7.66. The molecule has 2 aromatic carbocycles. The number of benzene rings is 2. The van der Waals surface area contributed by atoms with Gasteiger partial charge < -0.3 is 10.1 Å². The molecule has 1 N–H and O–H groups in total. The topological polar surface area (TPSA) is 142 Å². The molecular weight excluding hydrogens is 358 g/mol. The molecular formula is C17H15N3O7. The third-order valence-electron chi connectivity index (χ3n) is 3.67. The predicted molar refractivity (Wildman–Crippen MR) is 94.6 cm³/mol. The number of carbonyl (C=O) groups is 2. The number of nitrogens with one attached hydrogen (secondary N) is 1. The molecule has 2 aromatic rings. The van der Waals surface area contributed by atoms with Gasteiger partial charge in [0.05, 0.1) is 15.4 Å². The van der Waals surface area contributed by atoms with Crippen LogP contribution in [0.2, 0.25) is 0 Å². The van der Waals surface area contributed by atoms with E-state index in [9.17, 15) is 29.8 Å². The van der Waals surface area contributed by atoms with Crippen molar-refractivity contribution in [3.8, 4) is 0 Å². The lowest BCUT2D eigenvalue weighted by Crippen LogP contribution is -2.21. The van der Waals surface area contributed by atoms with Gasteiger partial charge in [0.1, 0.15) is 0 Å². The molecule has 10 heteroatoms. The minimum absolute atomic E-state index is 0.0638. The summed E-state index contributed by atoms with van der Waals surface area (Å²) < 4.78 is 4.83. The van der Waals surface area contributed by atoms with E-state index in [1.54, 1.807) is 6.92 Å². The van der Waals surface area contributed by atoms with E-state index in [0.717, 1.165) is 6.07 Å². The Kier molecular flexibility index (Phi) is 5.81. The second-order valence-electron chi connectivity index (χ2n) is 5.64. The minimum atomic E-state index is -0.900. The molecule has 0 radical (unpaired) electrons. The van der Waals surface area contributed by atoms with Crippen molar-refractivity contribution < 1.29 is 24.2 Å². The molecule has 0 aliphatic heterocycles. The molecule has 0 saturated carbocycles. The first-order chi connectivity index (χ1) is 12.7. The highest BCUT2D eigenvalue weighted by Crippen LogP contribution is 2.22. The molecule has 0 heterocycles. The number of anilines is 1. The molecule has 0 fully saturated rings. The lowest BCUT2D eigenvalue weighted by Gasteiger charge is -2.08. The van der Waals surface area contributed by atoms with Crippen LogP contribution in [0.15, 0.2) is 36.4 Å². The van der Waals surface area contributed by atoms with E-state index in [4.69, 9.17) is 4.74 Å². The zero-order valence-electron chi connectivity index (χ0n) is 14.4. The zero-order chi connectivity index (χ0) is 20.1. The average molecular weight is 373 g/mol. The molecule has 0 spiro atoms. The van der Waals surface area contributed by atoms with Crippen molar-refractivity contribution in [3.63, 3.8) is 0 Å². The van der Waals surface area contributed by atoms with Gasteiger partial charge in [-0.15, -0.1) is 0 Å². The van der Waals surface area contributed by atoms with Crippen LogP contribution < -0.4 is 5.32 Å². The quantitative estimate of drug-likeness (QED) is 0.466. The first kappa shape index (κ1) is 19.5. The van der Waals surface area contributed by atoms with E-state index < -0.39 is 28.3 Å². The number of aryl methyl sites for hydroxylation is 2. The summed E-state index contributed by atoms with van der Waals surface area (Å²) in [6, 6.07) is 7.97. The fourth-order valence-corrected chi connectivity index (χ4v) is 2.23. The number of rotatable bonds is 6. The number of amides is 1. The highest BCUT2D eigenvalue weighted by atomic mass is 16.6. The maximum atomic E-state index is 12.0. The highest BCUT2D eigenvalue weighted by Gasteiger charge is 2.17. The number of nitro benzene ring substituents is 2. The molecule has 0 unspecified atom stereocenters. The van der Waals surface area contributed by atoms with E-state index in [1.807, 2.05) is 0 Å². The second-order valence-corrected chi connectivity index (χ2v) is 5.64. The molecule has 0 bridgehead atoms. The Hall–Kier alpha value is -3.82. The maximum absolute atomic E-state index is 12.0. The van der Waals surface area contributed by atoms with Crippen molar-refractivity contribution in [1.29, 1.82) is 0 Å². The smallest absolute Gasteiger partial charge is 0.338 e. The summed E-state index contributed by atoms with van der Waals surface area (Å²) in [4.78, 5) is 44.5. The third kappa shape index (κ3) is 4.84. The highest BCUT2D eigenvalue weighted by molar-refractivity contribution is 5.96. The van der Waals surface area contributed by atoms with Crippen LogP contribution in [-0.4, -0.2) is 28.3 Å². The van der Waals surface area contributed by atoms with Crippen molar-refractivity contribution in [2.75, 3.05) is 11.9 Å². The Balaban J connectivity index is 2.00. The Morgan fingerprint density at radius 1 is 0.963 bits per heavy atom. The van der Waals surface area contributed by atoms with E-state index in [1.165, 1.54) is 37.3 Å². The SMILES string of the molecule is Cc1ccc(NC(=O)COC(=O)c2ccc(C)c([N+](=O)[O-])c2)cc1[N+](=O)[O-]. The van der Waals surface area contributed by atoms with E-state index in [-0.39, 0.29) is 22.6 Å². The maximum Gasteiger partial charge on any atom is 0.338 e. The number of ether oxygens (including phenoxy) is 1. The normalized spacial score (nSPS) is 10.1. The molecule has 0 aliphatic rings. The van der Waals surface area contributed by atoms with Gasteiger partial charge in [0.2, 0.25) is 0 Å². The van der Waals surface area contributed by atoms with Gasteiger partial charge in [-0.05, 0) is 26.0 Å². The van der Waals surface area contributed by atoms with E-state index in [2.05, 4.69) is 5.32 Å². The molecule has 0 aliphatic carbocycles. The summed E-state index contributed by atoms with van der Waals surface area (Å²) in [5.41, 5.74) is 0.545. The van der Waals surface area contributed by atoms with E-state index in [0.29, 0.717) is 11.1 Å². The van der Waals surface area contributed by atoms with Gasteiger partial charge in [0, 0.05) is 28.9 Å². The fraction of sp³-hybridized carbons (Fsp3) is 0.176. The standard InChI is InChI=1S/C17H15N3O7/c1-10-3-5-12(7-14(10)19(23)24)17(22)27-9-16(21)18-13-6-4-11(2)15(8-13)20(25)26/h3-8H,9H2,1-2H3,(H,18,21). The number of esters is 1. The molecule has 27 heavy (non-hydrogen) atoms. The molecule has 0 aromatic heterocycles. The van der Waals surface area contributed by atoms with Gasteiger partial charge in [-0.3, -0.25) is 25.0 Å². The number of nitrogens with zero attached hydrogens (tertiary/aromatic N) is 2. The molecule has 10 nitrogen and oxygen atoms in total. The Morgan fingerprint density at radius 3 is 2.11 bits per heavy atom. The third-order valence-corrected chi connectivity index (χ3v) is 3.67. The summed E-state index contributed by atoms with van der Waals surface area (Å²) in [6.45, 7) is 2.44. The summed E-state index contributed by atoms with van der Waals surface area (Å²) in [5, 5.41) is 24.2. The summed E-state index contributed by atoms with van der Waals surface area (Å²) in [6.07, 6.45) is 0. The van der Waals surface area contributed by atoms with Gasteiger partial charge >= 0.3 is 5.97 Å². The van der Waals surface area contributed by atoms with Crippen LogP contribution in [0.4, 0.5) is 17.1 Å². The largest absolute Gasteiger partial charge is 0.452 e. The number of hydrogen-bond donors (Lipinski definition) is 1. The van der Waals surface area contributed by atoms with Crippen molar-refractivity contribution in [3.05, 3.63) is 73.3 Å². The monoisotopic (exact) mass is 373 g/mol. The van der Waals surface area contributed by atoms with Gasteiger partial charge in [-0.1, -0.05) is 12.1 Å². The van der Waals surface area contributed by atoms with Crippen LogP contribution in [0.3, 0.4) is 0 Å².